The predicted octanol–water partition coefficient (Wildman–Crippen LogP) is 11.3. The van der Waals surface area contributed by atoms with Gasteiger partial charge in [0.1, 0.15) is 5.58 Å². The largest absolute Gasteiger partial charge is 0.500 e. The Morgan fingerprint density at radius 3 is 2.11 bits per heavy atom. The summed E-state index contributed by atoms with van der Waals surface area (Å²) in [6.07, 6.45) is 2.82. The molecule has 0 amide bonds. The summed E-state index contributed by atoms with van der Waals surface area (Å²) in [6.45, 7) is -6.55. The molecule has 231 valence electrons. The SMILES string of the molecule is [2H]C([2H])([2H])c1c[c-]c(-c2ccc(C([2H])([2H])[2H])cn2)cc1.[2H]C([2H])([2H])c1ccnc(-c2[c-]ccc3c2oc2c(-c4ccc(-c5ccccc5)cc4)cccc23)c1.[Ir]. The van der Waals surface area contributed by atoms with Gasteiger partial charge in [-0.1, -0.05) is 114 Å². The van der Waals surface area contributed by atoms with E-state index in [9.17, 15) is 0 Å². The Hall–Kier alpha value is -5.15. The van der Waals surface area contributed by atoms with E-state index in [1.165, 1.54) is 42.2 Å². The zero-order valence-electron chi connectivity index (χ0n) is 33.9. The van der Waals surface area contributed by atoms with Gasteiger partial charge in [-0.2, -0.15) is 0 Å². The van der Waals surface area contributed by atoms with E-state index in [2.05, 4.69) is 64.6 Å². The molecule has 0 saturated carbocycles. The summed E-state index contributed by atoms with van der Waals surface area (Å²) in [5.41, 5.74) is 8.77. The summed E-state index contributed by atoms with van der Waals surface area (Å²) in [6, 6.07) is 45.4. The smallest absolute Gasteiger partial charge is 0.128 e. The second kappa shape index (κ2) is 14.1. The number of aromatic nitrogens is 2. The molecule has 3 nitrogen and oxygen atoms in total. The Morgan fingerprint density at radius 1 is 0.596 bits per heavy atom. The maximum atomic E-state index is 7.75. The minimum absolute atomic E-state index is 0. The average molecular weight is 794 g/mol. The molecule has 0 atom stereocenters. The van der Waals surface area contributed by atoms with Gasteiger partial charge in [-0.05, 0) is 53.4 Å². The van der Waals surface area contributed by atoms with Gasteiger partial charge < -0.3 is 14.4 Å². The van der Waals surface area contributed by atoms with Gasteiger partial charge in [0.2, 0.25) is 0 Å². The third-order valence-corrected chi connectivity index (χ3v) is 7.63. The monoisotopic (exact) mass is 794 g/mol. The number of furan rings is 1. The Morgan fingerprint density at radius 2 is 1.36 bits per heavy atom. The number of pyridine rings is 2. The molecule has 0 fully saturated rings. The van der Waals surface area contributed by atoms with E-state index in [-0.39, 0.29) is 36.8 Å². The molecule has 3 aromatic heterocycles. The first-order chi connectivity index (χ1) is 26.2. The zero-order chi connectivity index (χ0) is 39.0. The topological polar surface area (TPSA) is 38.9 Å². The Kier molecular flexibility index (Phi) is 6.71. The molecule has 8 rings (SSSR count). The number of nitrogens with zero attached hydrogens (tertiary/aromatic N) is 2. The van der Waals surface area contributed by atoms with Crippen molar-refractivity contribution in [2.75, 3.05) is 0 Å². The molecule has 0 bridgehead atoms. The quantitative estimate of drug-likeness (QED) is 0.167. The van der Waals surface area contributed by atoms with Crippen LogP contribution in [0.3, 0.4) is 0 Å². The number of benzene rings is 5. The van der Waals surface area contributed by atoms with Gasteiger partial charge in [-0.3, -0.25) is 0 Å². The molecule has 3 heterocycles. The molecule has 0 saturated heterocycles. The van der Waals surface area contributed by atoms with Gasteiger partial charge in [0.15, 0.2) is 0 Å². The fraction of sp³-hybridized carbons (Fsp3) is 0.0698. The van der Waals surface area contributed by atoms with Gasteiger partial charge in [0, 0.05) is 55.8 Å². The van der Waals surface area contributed by atoms with Gasteiger partial charge in [0.25, 0.3) is 0 Å². The van der Waals surface area contributed by atoms with Crippen molar-refractivity contribution in [2.24, 2.45) is 0 Å². The fourth-order valence-corrected chi connectivity index (χ4v) is 5.36. The van der Waals surface area contributed by atoms with E-state index in [1.54, 1.807) is 18.2 Å². The minimum Gasteiger partial charge on any atom is -0.500 e. The minimum atomic E-state index is -2.21. The normalized spacial score (nSPS) is 14.3. The molecule has 0 spiro atoms. The molecule has 0 aliphatic carbocycles. The van der Waals surface area contributed by atoms with Crippen LogP contribution in [0.25, 0.3) is 66.7 Å². The van der Waals surface area contributed by atoms with Gasteiger partial charge in [0.05, 0.1) is 5.58 Å². The zero-order valence-corrected chi connectivity index (χ0v) is 27.3. The third kappa shape index (κ3) is 6.85. The Balaban J connectivity index is 0.000000217. The van der Waals surface area contributed by atoms with E-state index in [4.69, 9.17) is 16.8 Å². The summed E-state index contributed by atoms with van der Waals surface area (Å²) in [5, 5.41) is 1.93. The van der Waals surface area contributed by atoms with Crippen LogP contribution in [0.5, 0.6) is 0 Å². The molecule has 47 heavy (non-hydrogen) atoms. The Labute approximate surface area is 302 Å². The van der Waals surface area contributed by atoms with E-state index < -0.39 is 20.6 Å². The van der Waals surface area contributed by atoms with Crippen LogP contribution in [0.2, 0.25) is 0 Å². The third-order valence-electron chi connectivity index (χ3n) is 7.63. The number of hydrogen-bond donors (Lipinski definition) is 0. The summed E-state index contributed by atoms with van der Waals surface area (Å²) < 4.78 is 73.3. The standard InChI is InChI=1S/C30H20NO.C13H12N.Ir/c1-20-17-18-31-28(19-20)27-12-6-11-26-25-10-5-9-24(29(25)32-30(26)27)23-15-13-22(14-16-23)21-7-3-2-4-8-21;1-10-3-6-12(7-4-10)13-8-5-11(2)9-14-13;/h2-11,13-19H,1H3;3-6,8-9H,1-2H3;/q2*-1;/i1D3;1D3,2D3;. The maximum Gasteiger partial charge on any atom is 0.128 e. The van der Waals surface area contributed by atoms with Crippen LogP contribution in [0, 0.1) is 32.7 Å². The summed E-state index contributed by atoms with van der Waals surface area (Å²) in [7, 11) is 0. The molecule has 8 aromatic rings. The van der Waals surface area contributed by atoms with E-state index in [1.807, 2.05) is 42.5 Å². The van der Waals surface area contributed by atoms with Crippen LogP contribution in [-0.2, 0) is 20.1 Å². The van der Waals surface area contributed by atoms with Gasteiger partial charge in [-0.25, -0.2) is 0 Å². The van der Waals surface area contributed by atoms with Crippen molar-refractivity contribution in [2.45, 2.75) is 20.6 Å². The molecular formula is C43H32IrN2O-2. The van der Waals surface area contributed by atoms with Crippen molar-refractivity contribution in [1.82, 2.24) is 9.97 Å². The van der Waals surface area contributed by atoms with Crippen molar-refractivity contribution >= 4 is 21.9 Å². The fourth-order valence-electron chi connectivity index (χ4n) is 5.36. The van der Waals surface area contributed by atoms with E-state index in [0.29, 0.717) is 28.1 Å². The van der Waals surface area contributed by atoms with Crippen LogP contribution >= 0.6 is 0 Å². The number of fused-ring (bicyclic) bond motifs is 3. The number of para-hydroxylation sites is 1. The first-order valence-corrected chi connectivity index (χ1v) is 14.6. The molecule has 0 unspecified atom stereocenters. The Bertz CT molecular complexity index is 2530. The average Bonchev–Trinajstić information content (AvgIpc) is 3.57. The molecule has 4 heteroatoms. The molecule has 1 radical (unpaired) electrons. The van der Waals surface area contributed by atoms with Gasteiger partial charge in [-0.15, -0.1) is 53.6 Å². The summed E-state index contributed by atoms with van der Waals surface area (Å²) >= 11 is 0. The van der Waals surface area contributed by atoms with Crippen molar-refractivity contribution in [3.8, 4) is 44.8 Å². The van der Waals surface area contributed by atoms with E-state index >= 15 is 0 Å². The van der Waals surface area contributed by atoms with Crippen LogP contribution in [0.1, 0.15) is 29.0 Å². The van der Waals surface area contributed by atoms with Crippen LogP contribution in [0.15, 0.2) is 144 Å². The first-order valence-electron chi connectivity index (χ1n) is 19.1. The maximum absolute atomic E-state index is 7.75. The number of hydrogen-bond acceptors (Lipinski definition) is 3. The molecule has 0 N–H and O–H groups in total. The van der Waals surface area contributed by atoms with Gasteiger partial charge >= 0.3 is 0 Å². The second-order valence-corrected chi connectivity index (χ2v) is 10.7. The molecule has 0 aliphatic heterocycles. The second-order valence-electron chi connectivity index (χ2n) is 10.7. The molecule has 5 aromatic carbocycles. The van der Waals surface area contributed by atoms with Crippen LogP contribution < -0.4 is 0 Å². The number of aryl methyl sites for hydroxylation is 3. The van der Waals surface area contributed by atoms with Crippen LogP contribution in [0.4, 0.5) is 0 Å². The number of rotatable bonds is 4. The molecular weight excluding hydrogens is 753 g/mol. The van der Waals surface area contributed by atoms with E-state index in [0.717, 1.165) is 33.0 Å². The van der Waals surface area contributed by atoms with Crippen molar-refractivity contribution in [3.05, 3.63) is 169 Å². The van der Waals surface area contributed by atoms with Crippen molar-refractivity contribution in [3.63, 3.8) is 0 Å². The van der Waals surface area contributed by atoms with Crippen LogP contribution in [-0.4, -0.2) is 9.97 Å². The summed E-state index contributed by atoms with van der Waals surface area (Å²) in [4.78, 5) is 8.50. The van der Waals surface area contributed by atoms with Crippen molar-refractivity contribution < 1.29 is 36.9 Å². The van der Waals surface area contributed by atoms with Crippen molar-refractivity contribution in [1.29, 1.82) is 0 Å². The summed E-state index contributed by atoms with van der Waals surface area (Å²) in [5.74, 6) is 0. The predicted molar refractivity (Wildman–Crippen MR) is 189 cm³/mol. The first kappa shape index (κ1) is 22.4. The molecule has 0 aliphatic rings.